The van der Waals surface area contributed by atoms with Crippen LogP contribution in [0.25, 0.3) is 93.4 Å². The van der Waals surface area contributed by atoms with Crippen LogP contribution in [0.4, 0.5) is 102 Å². The van der Waals surface area contributed by atoms with Crippen LogP contribution in [-0.4, -0.2) is 9.13 Å². The number of thiophene rings is 1. The number of para-hydroxylation sites is 11. The van der Waals surface area contributed by atoms with E-state index in [2.05, 4.69) is 543 Å². The number of aromatic nitrogens is 2. The molecule has 8 nitrogen and oxygen atoms in total. The van der Waals surface area contributed by atoms with Crippen LogP contribution in [0.15, 0.2) is 491 Å². The zero-order valence-corrected chi connectivity index (χ0v) is 72.4. The first-order valence-electron chi connectivity index (χ1n) is 44.6. The first kappa shape index (κ1) is 78.0. The number of rotatable bonds is 22. The third kappa shape index (κ3) is 14.6. The fourth-order valence-electron chi connectivity index (χ4n) is 19.4. The van der Waals surface area contributed by atoms with Gasteiger partial charge in [-0.1, -0.05) is 286 Å². The molecule has 0 aliphatic heterocycles. The Morgan fingerprint density at radius 3 is 1.04 bits per heavy atom. The molecule has 0 N–H and O–H groups in total. The topological polar surface area (TPSA) is 29.3 Å². The normalized spacial score (nSPS) is 12.4. The number of anilines is 18. The predicted octanol–water partition coefficient (Wildman–Crippen LogP) is 34.5. The van der Waals surface area contributed by atoms with Gasteiger partial charge in [-0.25, -0.2) is 0 Å². The Bertz CT molecular complexity index is 7810. The summed E-state index contributed by atoms with van der Waals surface area (Å²) in [6, 6.07) is 178. The quantitative estimate of drug-likeness (QED) is 0.0672. The third-order valence-corrected chi connectivity index (χ3v) is 26.4. The molecule has 0 saturated heterocycles. The summed E-state index contributed by atoms with van der Waals surface area (Å²) in [5.74, 6) is 0.492. The van der Waals surface area contributed by atoms with Gasteiger partial charge in [0.25, 0.3) is 0 Å². The van der Waals surface area contributed by atoms with Gasteiger partial charge in [0.2, 0.25) is 0 Å². The van der Waals surface area contributed by atoms with Gasteiger partial charge in [0.05, 0.1) is 56.2 Å². The molecule has 618 valence electrons. The van der Waals surface area contributed by atoms with Crippen molar-refractivity contribution in [2.45, 2.75) is 13.3 Å². The molecule has 0 fully saturated rings. The first-order chi connectivity index (χ1) is 64.4. The van der Waals surface area contributed by atoms with Gasteiger partial charge in [-0.05, 0) is 253 Å². The summed E-state index contributed by atoms with van der Waals surface area (Å²) in [5, 5.41) is 5.89. The highest BCUT2D eigenvalue weighted by Gasteiger charge is 2.29. The summed E-state index contributed by atoms with van der Waals surface area (Å²) < 4.78 is 6.17. The molecule has 19 aromatic carbocycles. The van der Waals surface area contributed by atoms with E-state index in [1.807, 2.05) is 11.3 Å². The molecule has 3 heterocycles. The molecule has 23 rings (SSSR count). The lowest BCUT2D eigenvalue weighted by atomic mass is 9.95. The van der Waals surface area contributed by atoms with Crippen LogP contribution in [0.3, 0.4) is 0 Å². The Balaban J connectivity index is 0.718. The van der Waals surface area contributed by atoms with Crippen molar-refractivity contribution in [2.24, 2.45) is 5.92 Å². The number of benzene rings is 19. The largest absolute Gasteiger partial charge is 0.310 e. The van der Waals surface area contributed by atoms with Gasteiger partial charge in [0.15, 0.2) is 0 Å². The highest BCUT2D eigenvalue weighted by molar-refractivity contribution is 7.19. The molecular formula is C121H88N8S. The van der Waals surface area contributed by atoms with E-state index >= 15 is 0 Å². The van der Waals surface area contributed by atoms with E-state index in [4.69, 9.17) is 0 Å². The second-order valence-electron chi connectivity index (χ2n) is 33.4. The summed E-state index contributed by atoms with van der Waals surface area (Å²) in [4.78, 5) is 16.0. The molecule has 1 atom stereocenters. The fourth-order valence-corrected chi connectivity index (χ4v) is 20.7. The summed E-state index contributed by atoms with van der Waals surface area (Å²) >= 11 is 1.93. The second kappa shape index (κ2) is 34.0. The molecule has 0 bridgehead atoms. The van der Waals surface area contributed by atoms with E-state index in [0.717, 1.165) is 181 Å². The van der Waals surface area contributed by atoms with Crippen LogP contribution in [0.1, 0.15) is 17.4 Å². The zero-order chi connectivity index (χ0) is 86.4. The molecule has 22 aromatic rings. The molecule has 0 spiro atoms. The van der Waals surface area contributed by atoms with E-state index in [-0.39, 0.29) is 0 Å². The standard InChI is InChI=1S/C121H88N8S/c1-85-62-70-112-113-72-68-102(84-120(113)130-119(112)74-85)126(95-51-26-9-27-52-95)107-78-104(123(91-43-18-5-19-44-91)92-45-20-6-21-46-92)77-106(81-107)125(94-49-24-8-25-50-94)101-67-71-111-114-60-35-59-109(121(114)129(118(111)83-101)97-55-30-11-31-56-97)88-38-34-57-99(75-88)124(93-47-22-7-23-48-93)105-76-103(122(89-39-14-3-15-40-89)90-41-16-4-17-42-90)79-108(80-105)127(98-65-63-87(64-66-98)86-36-12-2-13-37-86)100-69-73-117-115(82-100)110-58-32-33-61-116(110)128(117)96-53-28-10-29-54-96/h2-73,75-85H,74H2,1H3. The number of nitrogens with zero attached hydrogens (tertiary/aromatic N) is 8. The van der Waals surface area contributed by atoms with Crippen LogP contribution in [0.5, 0.6) is 0 Å². The van der Waals surface area contributed by atoms with Crippen LogP contribution in [0, 0.1) is 5.92 Å². The zero-order valence-electron chi connectivity index (χ0n) is 71.6. The lowest BCUT2D eigenvalue weighted by molar-refractivity contribution is 0.728. The van der Waals surface area contributed by atoms with Crippen LogP contribution < -0.4 is 29.4 Å². The number of allylic oxidation sites excluding steroid dienone is 1. The Labute approximate surface area is 761 Å². The predicted molar refractivity (Wildman–Crippen MR) is 551 cm³/mol. The maximum absolute atomic E-state index is 2.50. The van der Waals surface area contributed by atoms with E-state index in [1.165, 1.54) is 25.9 Å². The molecule has 0 radical (unpaired) electrons. The molecule has 3 aromatic heterocycles. The Kier molecular flexibility index (Phi) is 20.4. The maximum Gasteiger partial charge on any atom is 0.0619 e. The van der Waals surface area contributed by atoms with Gasteiger partial charge in [0, 0.05) is 122 Å². The molecule has 1 aliphatic rings. The SMILES string of the molecule is CC1C=Cc2c(sc3cc(N(c4ccccc4)c4cc(N(c5ccccc5)c5ccccc5)cc(N(c5ccccc5)c5ccc6c7cccc(-c8cccc(N(c9ccccc9)c9cc(N(c%10ccccc%10)c%10ccccc%10)cc(N(c%10ccc(-c%11ccccc%11)cc%10)c%10ccc%11c(c%10)c%10ccccc%10n%11-c%10ccccc%10)c9)c8)c7n(-c7ccccc7)c6c5)c4)ccc23)C1. The lowest BCUT2D eigenvalue weighted by Crippen LogP contribution is -2.16. The molecule has 0 saturated carbocycles. The van der Waals surface area contributed by atoms with Gasteiger partial charge < -0.3 is 38.5 Å². The van der Waals surface area contributed by atoms with Crippen molar-refractivity contribution in [1.29, 1.82) is 0 Å². The van der Waals surface area contributed by atoms with Crippen molar-refractivity contribution in [2.75, 3.05) is 29.4 Å². The van der Waals surface area contributed by atoms with Crippen molar-refractivity contribution in [3.63, 3.8) is 0 Å². The maximum atomic E-state index is 2.50. The molecule has 130 heavy (non-hydrogen) atoms. The Morgan fingerprint density at radius 1 is 0.223 bits per heavy atom. The summed E-state index contributed by atoms with van der Waals surface area (Å²) in [6.07, 6.45) is 5.75. The van der Waals surface area contributed by atoms with Crippen LogP contribution >= 0.6 is 11.3 Å². The van der Waals surface area contributed by atoms with Gasteiger partial charge in [-0.3, -0.25) is 0 Å². The number of hydrogen-bond donors (Lipinski definition) is 0. The molecule has 1 unspecified atom stereocenters. The average molecular weight is 1690 g/mol. The van der Waals surface area contributed by atoms with Crippen molar-refractivity contribution in [3.8, 4) is 33.6 Å². The van der Waals surface area contributed by atoms with Gasteiger partial charge in [-0.2, -0.15) is 0 Å². The van der Waals surface area contributed by atoms with E-state index in [0.29, 0.717) is 5.92 Å². The summed E-state index contributed by atoms with van der Waals surface area (Å²) in [7, 11) is 0. The highest BCUT2D eigenvalue weighted by Crippen LogP contribution is 2.53. The average Bonchev–Trinajstić information content (AvgIpc) is 1.56. The van der Waals surface area contributed by atoms with Gasteiger partial charge in [-0.15, -0.1) is 11.3 Å². The smallest absolute Gasteiger partial charge is 0.0619 e. The molecular weight excluding hydrogens is 1600 g/mol. The van der Waals surface area contributed by atoms with E-state index < -0.39 is 0 Å². The Hall–Kier alpha value is -16.7. The van der Waals surface area contributed by atoms with E-state index in [9.17, 15) is 0 Å². The third-order valence-electron chi connectivity index (χ3n) is 25.2. The van der Waals surface area contributed by atoms with Crippen LogP contribution in [-0.2, 0) is 6.42 Å². The molecule has 0 amide bonds. The summed E-state index contributed by atoms with van der Waals surface area (Å²) in [5.41, 5.74) is 30.5. The monoisotopic (exact) mass is 1680 g/mol. The fraction of sp³-hybridized carbons (Fsp3) is 0.0248. The molecule has 9 heteroatoms. The molecule has 1 aliphatic carbocycles. The van der Waals surface area contributed by atoms with Crippen molar-refractivity contribution in [1.82, 2.24) is 9.13 Å². The second-order valence-corrected chi connectivity index (χ2v) is 34.5. The minimum absolute atomic E-state index is 0.492. The van der Waals surface area contributed by atoms with Crippen molar-refractivity contribution in [3.05, 3.63) is 502 Å². The van der Waals surface area contributed by atoms with Gasteiger partial charge >= 0.3 is 0 Å². The van der Waals surface area contributed by atoms with Crippen molar-refractivity contribution < 1.29 is 0 Å². The van der Waals surface area contributed by atoms with Crippen molar-refractivity contribution >= 4 is 173 Å². The lowest BCUT2D eigenvalue weighted by Gasteiger charge is -2.33. The Morgan fingerprint density at radius 2 is 0.554 bits per heavy atom. The van der Waals surface area contributed by atoms with Gasteiger partial charge in [0.1, 0.15) is 0 Å². The minimum atomic E-state index is 0.492. The van der Waals surface area contributed by atoms with E-state index in [1.54, 1.807) is 0 Å². The number of hydrogen-bond acceptors (Lipinski definition) is 7. The first-order valence-corrected chi connectivity index (χ1v) is 45.4. The highest BCUT2D eigenvalue weighted by atomic mass is 32.1. The number of fused-ring (bicyclic) bond motifs is 9. The minimum Gasteiger partial charge on any atom is -0.310 e. The summed E-state index contributed by atoms with van der Waals surface area (Å²) in [6.45, 7) is 2.32. The van der Waals surface area contributed by atoms with Crippen LogP contribution in [0.2, 0.25) is 0 Å².